The standard InChI is InChI=1S/C21H25F2N7O/c22-7-8-30-18-9-13(6-5-12(18)11-26-30)27-20-14(19(25)31)10-15(23)21(29-20)28-17-4-2-1-3-16(17)24/h5-6,9-11,16-17H,1-4,7-8,24H2,(H2,25,31)(H2,27,28,29)/t16-,17?/m0/s1. The molecule has 1 unspecified atom stereocenters. The summed E-state index contributed by atoms with van der Waals surface area (Å²) >= 11 is 0. The number of anilines is 3. The Labute approximate surface area is 178 Å². The maximum atomic E-state index is 14.7. The van der Waals surface area contributed by atoms with E-state index in [4.69, 9.17) is 11.5 Å². The zero-order chi connectivity index (χ0) is 22.0. The Morgan fingerprint density at radius 2 is 2.03 bits per heavy atom. The number of aryl methyl sites for hydroxylation is 1. The van der Waals surface area contributed by atoms with Crippen LogP contribution in [0.25, 0.3) is 10.9 Å². The second kappa shape index (κ2) is 8.84. The van der Waals surface area contributed by atoms with E-state index in [1.165, 1.54) is 0 Å². The normalized spacial score (nSPS) is 18.8. The summed E-state index contributed by atoms with van der Waals surface area (Å²) in [7, 11) is 0. The van der Waals surface area contributed by atoms with E-state index in [9.17, 15) is 13.6 Å². The predicted molar refractivity (Wildman–Crippen MR) is 116 cm³/mol. The van der Waals surface area contributed by atoms with Gasteiger partial charge in [0.1, 0.15) is 12.5 Å². The first-order valence-electron chi connectivity index (χ1n) is 10.3. The molecule has 31 heavy (non-hydrogen) atoms. The number of hydrogen-bond donors (Lipinski definition) is 4. The lowest BCUT2D eigenvalue weighted by Crippen LogP contribution is -2.43. The van der Waals surface area contributed by atoms with Crippen molar-refractivity contribution in [1.82, 2.24) is 14.8 Å². The highest BCUT2D eigenvalue weighted by Crippen LogP contribution is 2.28. The van der Waals surface area contributed by atoms with E-state index < -0.39 is 18.4 Å². The summed E-state index contributed by atoms with van der Waals surface area (Å²) in [5.74, 6) is -1.35. The molecule has 3 aromatic rings. The van der Waals surface area contributed by atoms with E-state index in [1.54, 1.807) is 23.0 Å². The molecule has 0 bridgehead atoms. The number of fused-ring (bicyclic) bond motifs is 1. The highest BCUT2D eigenvalue weighted by atomic mass is 19.1. The molecule has 8 nitrogen and oxygen atoms in total. The van der Waals surface area contributed by atoms with Crippen molar-refractivity contribution in [2.75, 3.05) is 17.3 Å². The van der Waals surface area contributed by atoms with Crippen LogP contribution in [0.3, 0.4) is 0 Å². The summed E-state index contributed by atoms with van der Waals surface area (Å²) in [6.45, 7) is -0.415. The lowest BCUT2D eigenvalue weighted by molar-refractivity contribution is 0.100. The number of carbonyl (C=O) groups excluding carboxylic acids is 1. The summed E-state index contributed by atoms with van der Waals surface area (Å²) < 4.78 is 29.0. The molecular formula is C21H25F2N7O. The van der Waals surface area contributed by atoms with Gasteiger partial charge in [0.2, 0.25) is 0 Å². The fourth-order valence-corrected chi connectivity index (χ4v) is 3.93. The highest BCUT2D eigenvalue weighted by Gasteiger charge is 2.24. The van der Waals surface area contributed by atoms with Crippen molar-refractivity contribution in [3.05, 3.63) is 41.8 Å². The van der Waals surface area contributed by atoms with E-state index in [0.29, 0.717) is 5.69 Å². The van der Waals surface area contributed by atoms with Gasteiger partial charge in [0.25, 0.3) is 5.91 Å². The number of carbonyl (C=O) groups is 1. The number of rotatable bonds is 7. The quantitative estimate of drug-likeness (QED) is 0.458. The van der Waals surface area contributed by atoms with Crippen molar-refractivity contribution in [3.63, 3.8) is 0 Å². The molecule has 0 radical (unpaired) electrons. The molecule has 2 atom stereocenters. The largest absolute Gasteiger partial charge is 0.365 e. The molecule has 0 spiro atoms. The third-order valence-electron chi connectivity index (χ3n) is 5.59. The van der Waals surface area contributed by atoms with Crippen molar-refractivity contribution in [3.8, 4) is 0 Å². The number of nitrogens with two attached hydrogens (primary N) is 2. The number of nitrogens with zero attached hydrogens (tertiary/aromatic N) is 3. The number of aromatic nitrogens is 3. The number of alkyl halides is 1. The molecule has 1 aliphatic rings. The van der Waals surface area contributed by atoms with Crippen molar-refractivity contribution in [2.24, 2.45) is 11.5 Å². The maximum absolute atomic E-state index is 14.7. The van der Waals surface area contributed by atoms with E-state index in [1.807, 2.05) is 6.07 Å². The van der Waals surface area contributed by atoms with Gasteiger partial charge in [-0.05, 0) is 37.1 Å². The van der Waals surface area contributed by atoms with Gasteiger partial charge in [0, 0.05) is 23.2 Å². The van der Waals surface area contributed by atoms with Gasteiger partial charge in [-0.1, -0.05) is 12.8 Å². The van der Waals surface area contributed by atoms with Crippen LogP contribution in [0, 0.1) is 5.82 Å². The summed E-state index contributed by atoms with van der Waals surface area (Å²) in [6, 6.07) is 6.21. The lowest BCUT2D eigenvalue weighted by Gasteiger charge is -2.30. The lowest BCUT2D eigenvalue weighted by atomic mass is 9.91. The Hall–Kier alpha value is -3.27. The first-order valence-corrected chi connectivity index (χ1v) is 10.3. The Morgan fingerprint density at radius 1 is 1.23 bits per heavy atom. The van der Waals surface area contributed by atoms with Crippen molar-refractivity contribution >= 4 is 34.1 Å². The van der Waals surface area contributed by atoms with Gasteiger partial charge in [0.05, 0.1) is 23.8 Å². The third-order valence-corrected chi connectivity index (χ3v) is 5.59. The van der Waals surface area contributed by atoms with E-state index in [0.717, 1.165) is 42.7 Å². The average molecular weight is 429 g/mol. The Bertz CT molecular complexity index is 1100. The predicted octanol–water partition coefficient (Wildman–Crippen LogP) is 3.06. The molecule has 10 heteroatoms. The molecular weight excluding hydrogens is 404 g/mol. The fourth-order valence-electron chi connectivity index (χ4n) is 3.93. The highest BCUT2D eigenvalue weighted by molar-refractivity contribution is 5.99. The Kier molecular flexibility index (Phi) is 5.99. The molecule has 1 fully saturated rings. The van der Waals surface area contributed by atoms with Crippen molar-refractivity contribution in [1.29, 1.82) is 0 Å². The van der Waals surface area contributed by atoms with Crippen molar-refractivity contribution in [2.45, 2.75) is 44.3 Å². The van der Waals surface area contributed by atoms with Gasteiger partial charge < -0.3 is 22.1 Å². The molecule has 4 rings (SSSR count). The van der Waals surface area contributed by atoms with Crippen LogP contribution in [0.5, 0.6) is 0 Å². The van der Waals surface area contributed by atoms with Crippen LogP contribution >= 0.6 is 0 Å². The summed E-state index contributed by atoms with van der Waals surface area (Å²) in [5.41, 5.74) is 12.8. The first kappa shape index (κ1) is 21.0. The van der Waals surface area contributed by atoms with Crippen LogP contribution in [0.1, 0.15) is 36.0 Å². The van der Waals surface area contributed by atoms with Crippen LogP contribution in [0.4, 0.5) is 26.1 Å². The zero-order valence-electron chi connectivity index (χ0n) is 16.9. The van der Waals surface area contributed by atoms with E-state index >= 15 is 0 Å². The molecule has 2 heterocycles. The minimum absolute atomic E-state index is 0.0124. The number of nitrogens with one attached hydrogen (secondary N) is 2. The summed E-state index contributed by atoms with van der Waals surface area (Å²) in [4.78, 5) is 16.2. The fraction of sp³-hybridized carbons (Fsp3) is 0.381. The zero-order valence-corrected chi connectivity index (χ0v) is 16.9. The molecule has 2 aromatic heterocycles. The van der Waals surface area contributed by atoms with Gasteiger partial charge in [0.15, 0.2) is 11.6 Å². The summed E-state index contributed by atoms with van der Waals surface area (Å²) in [6.07, 6.45) is 5.37. The van der Waals surface area contributed by atoms with Crippen molar-refractivity contribution < 1.29 is 13.6 Å². The Morgan fingerprint density at radius 3 is 2.77 bits per heavy atom. The first-order chi connectivity index (χ1) is 15.0. The molecule has 0 saturated heterocycles. The number of benzene rings is 1. The van der Waals surface area contributed by atoms with Crippen LogP contribution < -0.4 is 22.1 Å². The third kappa shape index (κ3) is 4.43. The smallest absolute Gasteiger partial charge is 0.252 e. The topological polar surface area (TPSA) is 124 Å². The number of amides is 1. The monoisotopic (exact) mass is 429 g/mol. The minimum Gasteiger partial charge on any atom is -0.365 e. The number of halogens is 2. The molecule has 1 aliphatic carbocycles. The molecule has 1 amide bonds. The second-order valence-electron chi connectivity index (χ2n) is 7.73. The van der Waals surface area contributed by atoms with Crippen LogP contribution in [-0.2, 0) is 6.54 Å². The van der Waals surface area contributed by atoms with Gasteiger partial charge in [-0.25, -0.2) is 13.8 Å². The number of hydrogen-bond acceptors (Lipinski definition) is 6. The van der Waals surface area contributed by atoms with Crippen LogP contribution in [-0.4, -0.2) is 39.4 Å². The number of primary amides is 1. The molecule has 1 aromatic carbocycles. The van der Waals surface area contributed by atoms with Gasteiger partial charge >= 0.3 is 0 Å². The van der Waals surface area contributed by atoms with Gasteiger partial charge in [-0.3, -0.25) is 9.48 Å². The number of pyridine rings is 1. The van der Waals surface area contributed by atoms with Crippen LogP contribution in [0.2, 0.25) is 0 Å². The SMILES string of the molecule is NC(=O)c1cc(F)c(NC2CCCC[C@@H]2N)nc1Nc1ccc2cnn(CCF)c2c1. The van der Waals surface area contributed by atoms with Gasteiger partial charge in [-0.2, -0.15) is 5.10 Å². The minimum atomic E-state index is -0.807. The van der Waals surface area contributed by atoms with Gasteiger partial charge in [-0.15, -0.1) is 0 Å². The van der Waals surface area contributed by atoms with E-state index in [-0.39, 0.29) is 35.8 Å². The molecule has 1 saturated carbocycles. The van der Waals surface area contributed by atoms with E-state index in [2.05, 4.69) is 20.7 Å². The summed E-state index contributed by atoms with van der Waals surface area (Å²) in [5, 5.41) is 11.1. The molecule has 6 N–H and O–H groups in total. The average Bonchev–Trinajstić information content (AvgIpc) is 3.14. The maximum Gasteiger partial charge on any atom is 0.252 e. The molecule has 164 valence electrons. The molecule has 0 aliphatic heterocycles. The second-order valence-corrected chi connectivity index (χ2v) is 7.73. The van der Waals surface area contributed by atoms with Crippen LogP contribution in [0.15, 0.2) is 30.5 Å². The Balaban J connectivity index is 1.67.